The zero-order valence-electron chi connectivity index (χ0n) is 13.6. The Morgan fingerprint density at radius 1 is 1.35 bits per heavy atom. The van der Waals surface area contributed by atoms with Gasteiger partial charge in [-0.05, 0) is 36.6 Å². The normalized spacial score (nSPS) is 14.4. The van der Waals surface area contributed by atoms with E-state index in [9.17, 15) is 9.59 Å². The van der Waals surface area contributed by atoms with Gasteiger partial charge in [-0.1, -0.05) is 6.07 Å². The van der Waals surface area contributed by atoms with Crippen LogP contribution in [0, 0.1) is 0 Å². The Hall–Kier alpha value is -2.65. The number of fused-ring (bicyclic) bond motifs is 1. The third-order valence-electron chi connectivity index (χ3n) is 3.65. The summed E-state index contributed by atoms with van der Waals surface area (Å²) in [6.07, 6.45) is -0.691. The maximum absolute atomic E-state index is 12.4. The van der Waals surface area contributed by atoms with Crippen LogP contribution >= 0.6 is 23.1 Å². The van der Waals surface area contributed by atoms with Gasteiger partial charge in [-0.2, -0.15) is 0 Å². The highest BCUT2D eigenvalue weighted by atomic mass is 32.2. The Kier molecular flexibility index (Phi) is 4.48. The first-order valence-electron chi connectivity index (χ1n) is 7.75. The Morgan fingerprint density at radius 3 is 3.04 bits per heavy atom. The lowest BCUT2D eigenvalue weighted by atomic mass is 10.2. The molecule has 132 valence electrons. The number of amides is 1. The van der Waals surface area contributed by atoms with Crippen LogP contribution in [0.2, 0.25) is 0 Å². The Morgan fingerprint density at radius 2 is 2.23 bits per heavy atom. The number of nitrogens with one attached hydrogen (secondary N) is 1. The first kappa shape index (κ1) is 16.8. The van der Waals surface area contributed by atoms with Crippen molar-refractivity contribution >= 4 is 40.7 Å². The predicted octanol–water partition coefficient (Wildman–Crippen LogP) is 3.76. The molecular formula is C17H13N3O4S2. The molecule has 1 N–H and O–H groups in total. The second-order valence-electron chi connectivity index (χ2n) is 5.52. The first-order valence-corrected chi connectivity index (χ1v) is 9.61. The molecule has 1 atom stereocenters. The standard InChI is InChI=1S/C17H13N3O4S2/c1-9(15-19-20-16(24-15)13-3-2-6-25-13)23-17(22)10-4-5-12-11(7-10)18-14(21)8-26-12/h2-7,9H,8H2,1H3,(H,18,21). The molecule has 3 heterocycles. The number of carbonyl (C=O) groups is 2. The Bertz CT molecular complexity index is 968. The fraction of sp³-hybridized carbons (Fsp3) is 0.176. The average molecular weight is 387 g/mol. The monoisotopic (exact) mass is 387 g/mol. The molecule has 1 aromatic carbocycles. The Balaban J connectivity index is 1.48. The number of esters is 1. The predicted molar refractivity (Wildman–Crippen MR) is 97.2 cm³/mol. The van der Waals surface area contributed by atoms with E-state index in [0.29, 0.717) is 22.9 Å². The number of hydrogen-bond acceptors (Lipinski definition) is 8. The van der Waals surface area contributed by atoms with Crippen molar-refractivity contribution < 1.29 is 18.7 Å². The van der Waals surface area contributed by atoms with Crippen molar-refractivity contribution in [2.45, 2.75) is 17.9 Å². The molecule has 7 nitrogen and oxygen atoms in total. The lowest BCUT2D eigenvalue weighted by molar-refractivity contribution is -0.113. The molecule has 26 heavy (non-hydrogen) atoms. The molecule has 0 bridgehead atoms. The topological polar surface area (TPSA) is 94.3 Å². The SMILES string of the molecule is CC(OC(=O)c1ccc2c(c1)NC(=O)CS2)c1nnc(-c2cccs2)o1. The van der Waals surface area contributed by atoms with Gasteiger partial charge in [-0.3, -0.25) is 4.79 Å². The van der Waals surface area contributed by atoms with Gasteiger partial charge >= 0.3 is 5.97 Å². The summed E-state index contributed by atoms with van der Waals surface area (Å²) in [6.45, 7) is 1.67. The van der Waals surface area contributed by atoms with Gasteiger partial charge in [0, 0.05) is 4.90 Å². The van der Waals surface area contributed by atoms with E-state index in [-0.39, 0.29) is 11.8 Å². The van der Waals surface area contributed by atoms with Gasteiger partial charge in [0.25, 0.3) is 11.8 Å². The van der Waals surface area contributed by atoms with Crippen molar-refractivity contribution in [2.24, 2.45) is 0 Å². The molecule has 0 spiro atoms. The van der Waals surface area contributed by atoms with Crippen molar-refractivity contribution in [2.75, 3.05) is 11.1 Å². The van der Waals surface area contributed by atoms with Crippen LogP contribution in [-0.2, 0) is 9.53 Å². The van der Waals surface area contributed by atoms with Crippen molar-refractivity contribution in [3.8, 4) is 10.8 Å². The van der Waals surface area contributed by atoms with Crippen molar-refractivity contribution in [1.29, 1.82) is 0 Å². The van der Waals surface area contributed by atoms with E-state index in [4.69, 9.17) is 9.15 Å². The van der Waals surface area contributed by atoms with E-state index in [2.05, 4.69) is 15.5 Å². The van der Waals surface area contributed by atoms with E-state index in [1.165, 1.54) is 23.1 Å². The number of aromatic nitrogens is 2. The van der Waals surface area contributed by atoms with Crippen molar-refractivity contribution in [3.05, 3.63) is 47.2 Å². The van der Waals surface area contributed by atoms with E-state index >= 15 is 0 Å². The maximum atomic E-state index is 12.4. The number of thioether (sulfide) groups is 1. The van der Waals surface area contributed by atoms with Crippen LogP contribution in [0.4, 0.5) is 5.69 Å². The van der Waals surface area contributed by atoms with Crippen LogP contribution in [0.15, 0.2) is 45.0 Å². The second kappa shape index (κ2) is 6.93. The summed E-state index contributed by atoms with van der Waals surface area (Å²) in [7, 11) is 0. The second-order valence-corrected chi connectivity index (χ2v) is 7.48. The van der Waals surface area contributed by atoms with Crippen LogP contribution in [0.5, 0.6) is 0 Å². The number of hydrogen-bond donors (Lipinski definition) is 1. The van der Waals surface area contributed by atoms with Gasteiger partial charge in [0.15, 0.2) is 6.10 Å². The zero-order chi connectivity index (χ0) is 18.1. The molecule has 1 amide bonds. The van der Waals surface area contributed by atoms with Crippen molar-refractivity contribution in [1.82, 2.24) is 10.2 Å². The molecule has 0 aliphatic carbocycles. The van der Waals surface area contributed by atoms with E-state index in [1.807, 2.05) is 17.5 Å². The summed E-state index contributed by atoms with van der Waals surface area (Å²) < 4.78 is 11.0. The summed E-state index contributed by atoms with van der Waals surface area (Å²) in [5, 5.41) is 12.6. The molecule has 0 fully saturated rings. The quantitative estimate of drug-likeness (QED) is 0.681. The molecule has 3 aromatic rings. The van der Waals surface area contributed by atoms with Gasteiger partial charge in [0.2, 0.25) is 5.91 Å². The highest BCUT2D eigenvalue weighted by molar-refractivity contribution is 8.00. The number of carbonyl (C=O) groups excluding carboxylic acids is 2. The maximum Gasteiger partial charge on any atom is 0.338 e. The lowest BCUT2D eigenvalue weighted by Gasteiger charge is -2.17. The average Bonchev–Trinajstić information content (AvgIpc) is 3.32. The summed E-state index contributed by atoms with van der Waals surface area (Å²) in [4.78, 5) is 25.7. The minimum Gasteiger partial charge on any atom is -0.449 e. The lowest BCUT2D eigenvalue weighted by Crippen LogP contribution is -2.19. The number of ether oxygens (including phenoxy) is 1. The van der Waals surface area contributed by atoms with Crippen LogP contribution in [0.3, 0.4) is 0 Å². The van der Waals surface area contributed by atoms with E-state index in [0.717, 1.165) is 9.77 Å². The molecule has 2 aromatic heterocycles. The van der Waals surface area contributed by atoms with E-state index < -0.39 is 12.1 Å². The van der Waals surface area contributed by atoms with Gasteiger partial charge in [0.1, 0.15) is 0 Å². The van der Waals surface area contributed by atoms with Crippen LogP contribution in [0.25, 0.3) is 10.8 Å². The number of anilines is 1. The fourth-order valence-electron chi connectivity index (χ4n) is 2.39. The smallest absolute Gasteiger partial charge is 0.338 e. The molecule has 0 saturated heterocycles. The van der Waals surface area contributed by atoms with Gasteiger partial charge in [0.05, 0.1) is 21.9 Å². The zero-order valence-corrected chi connectivity index (χ0v) is 15.2. The molecule has 1 aliphatic rings. The largest absolute Gasteiger partial charge is 0.449 e. The van der Waals surface area contributed by atoms with Crippen LogP contribution < -0.4 is 5.32 Å². The molecule has 1 aliphatic heterocycles. The fourth-order valence-corrected chi connectivity index (χ4v) is 3.82. The van der Waals surface area contributed by atoms with Crippen molar-refractivity contribution in [3.63, 3.8) is 0 Å². The molecule has 9 heteroatoms. The number of rotatable bonds is 4. The van der Waals surface area contributed by atoms with Gasteiger partial charge in [-0.15, -0.1) is 33.3 Å². The van der Waals surface area contributed by atoms with E-state index in [1.54, 1.807) is 25.1 Å². The third-order valence-corrected chi connectivity index (χ3v) is 5.58. The molecule has 1 unspecified atom stereocenters. The minimum absolute atomic E-state index is 0.0895. The summed E-state index contributed by atoms with van der Waals surface area (Å²) in [6, 6.07) is 8.84. The summed E-state index contributed by atoms with van der Waals surface area (Å²) in [5.41, 5.74) is 0.961. The van der Waals surface area contributed by atoms with Crippen LogP contribution in [-0.4, -0.2) is 27.8 Å². The molecule has 4 rings (SSSR count). The molecule has 0 radical (unpaired) electrons. The number of nitrogens with zero attached hydrogens (tertiary/aromatic N) is 2. The van der Waals surface area contributed by atoms with Gasteiger partial charge in [-0.25, -0.2) is 4.79 Å². The number of benzene rings is 1. The minimum atomic E-state index is -0.691. The third kappa shape index (κ3) is 3.35. The molecule has 0 saturated carbocycles. The Labute approximate surface area is 156 Å². The first-order chi connectivity index (χ1) is 12.6. The molecular weight excluding hydrogens is 374 g/mol. The van der Waals surface area contributed by atoms with Crippen LogP contribution in [0.1, 0.15) is 29.3 Å². The number of thiophene rings is 1. The van der Waals surface area contributed by atoms with Gasteiger partial charge < -0.3 is 14.5 Å². The summed E-state index contributed by atoms with van der Waals surface area (Å²) in [5.74, 6) is 0.377. The highest BCUT2D eigenvalue weighted by Gasteiger charge is 2.22. The highest BCUT2D eigenvalue weighted by Crippen LogP contribution is 2.32. The summed E-state index contributed by atoms with van der Waals surface area (Å²) >= 11 is 2.92.